The van der Waals surface area contributed by atoms with E-state index in [1.54, 1.807) is 25.3 Å². The van der Waals surface area contributed by atoms with E-state index in [-0.39, 0.29) is 37.4 Å². The summed E-state index contributed by atoms with van der Waals surface area (Å²) in [4.78, 5) is 28.4. The third kappa shape index (κ3) is 3.96. The van der Waals surface area contributed by atoms with Crippen molar-refractivity contribution >= 4 is 22.8 Å². The van der Waals surface area contributed by atoms with E-state index in [2.05, 4.69) is 5.32 Å². The molecule has 2 aliphatic rings. The van der Waals surface area contributed by atoms with E-state index in [1.807, 2.05) is 11.0 Å². The van der Waals surface area contributed by atoms with Crippen LogP contribution in [0.1, 0.15) is 23.2 Å². The molecule has 2 aliphatic heterocycles. The number of furan rings is 1. The van der Waals surface area contributed by atoms with Crippen LogP contribution in [-0.4, -0.2) is 73.2 Å². The lowest BCUT2D eigenvalue weighted by Crippen LogP contribution is -2.43. The summed E-state index contributed by atoms with van der Waals surface area (Å²) in [6.45, 7) is 1.25. The molecule has 0 unspecified atom stereocenters. The molecule has 0 aliphatic carbocycles. The molecule has 0 bridgehead atoms. The van der Waals surface area contributed by atoms with Crippen molar-refractivity contribution in [2.24, 2.45) is 0 Å². The Morgan fingerprint density at radius 3 is 3.00 bits per heavy atom. The van der Waals surface area contributed by atoms with Crippen LogP contribution in [0.2, 0.25) is 0 Å². The molecule has 2 aromatic rings. The van der Waals surface area contributed by atoms with Gasteiger partial charge in [0.25, 0.3) is 5.91 Å². The van der Waals surface area contributed by atoms with Gasteiger partial charge in [-0.1, -0.05) is 0 Å². The Morgan fingerprint density at radius 1 is 1.40 bits per heavy atom. The fraction of sp³-hybridized carbons (Fsp3) is 0.476. The van der Waals surface area contributed by atoms with E-state index in [9.17, 15) is 14.0 Å². The molecule has 2 amide bonds. The zero-order valence-corrected chi connectivity index (χ0v) is 16.6. The van der Waals surface area contributed by atoms with Crippen molar-refractivity contribution in [3.63, 3.8) is 0 Å². The van der Waals surface area contributed by atoms with Gasteiger partial charge in [0.1, 0.15) is 29.8 Å². The average Bonchev–Trinajstić information content (AvgIpc) is 3.45. The first-order chi connectivity index (χ1) is 14.5. The van der Waals surface area contributed by atoms with Crippen molar-refractivity contribution < 1.29 is 23.1 Å². The predicted molar refractivity (Wildman–Crippen MR) is 106 cm³/mol. The summed E-state index contributed by atoms with van der Waals surface area (Å²) in [5.74, 6) is 0.167. The number of hydrogen-bond donors (Lipinski definition) is 1. The molecule has 0 saturated carbocycles. The van der Waals surface area contributed by atoms with Gasteiger partial charge in [-0.2, -0.15) is 5.26 Å². The van der Waals surface area contributed by atoms with E-state index >= 15 is 0 Å². The van der Waals surface area contributed by atoms with Crippen LogP contribution in [0.25, 0.3) is 11.0 Å². The van der Waals surface area contributed by atoms with Crippen molar-refractivity contribution in [3.05, 3.63) is 30.0 Å². The summed E-state index contributed by atoms with van der Waals surface area (Å²) in [7, 11) is 1.56. The highest BCUT2D eigenvalue weighted by Gasteiger charge is 2.36. The van der Waals surface area contributed by atoms with Crippen LogP contribution in [0.3, 0.4) is 0 Å². The number of carbonyl (C=O) groups excluding carboxylic acids is 2. The lowest BCUT2D eigenvalue weighted by molar-refractivity contribution is -0.132. The SMILES string of the molecule is COc1ccc2c(C(=O)N[C@H]3CCN(CC(=O)N4C[C@@H](F)C[C@H]4C#N)C3)coc2c1. The number of ether oxygens (including phenoxy) is 1. The molecule has 2 fully saturated rings. The maximum absolute atomic E-state index is 13.6. The second-order valence-corrected chi connectivity index (χ2v) is 7.73. The summed E-state index contributed by atoms with van der Waals surface area (Å²) in [5.41, 5.74) is 1.02. The van der Waals surface area contributed by atoms with Gasteiger partial charge in [0.15, 0.2) is 0 Å². The lowest BCUT2D eigenvalue weighted by atomic mass is 10.1. The second kappa shape index (κ2) is 8.32. The molecule has 9 heteroatoms. The van der Waals surface area contributed by atoms with Gasteiger partial charge in [-0.05, 0) is 18.6 Å². The van der Waals surface area contributed by atoms with Gasteiger partial charge in [0.05, 0.1) is 31.8 Å². The van der Waals surface area contributed by atoms with Crippen molar-refractivity contribution in [3.8, 4) is 11.8 Å². The van der Waals surface area contributed by atoms with Gasteiger partial charge in [-0.25, -0.2) is 4.39 Å². The smallest absolute Gasteiger partial charge is 0.255 e. The predicted octanol–water partition coefficient (Wildman–Crippen LogP) is 1.71. The Balaban J connectivity index is 1.33. The first-order valence-electron chi connectivity index (χ1n) is 9.90. The van der Waals surface area contributed by atoms with E-state index in [4.69, 9.17) is 14.4 Å². The van der Waals surface area contributed by atoms with Gasteiger partial charge < -0.3 is 19.4 Å². The minimum atomic E-state index is -1.14. The number of nitriles is 1. The Bertz CT molecular complexity index is 1000. The third-order valence-electron chi connectivity index (χ3n) is 5.71. The maximum Gasteiger partial charge on any atom is 0.255 e. The Kier molecular flexibility index (Phi) is 5.59. The average molecular weight is 414 g/mol. The number of benzene rings is 1. The van der Waals surface area contributed by atoms with Crippen LogP contribution in [0.5, 0.6) is 5.75 Å². The number of nitrogens with zero attached hydrogens (tertiary/aromatic N) is 3. The molecular formula is C21H23FN4O4. The molecule has 1 aromatic carbocycles. The van der Waals surface area contributed by atoms with Crippen molar-refractivity contribution in [2.45, 2.75) is 31.1 Å². The zero-order valence-electron chi connectivity index (χ0n) is 16.6. The van der Waals surface area contributed by atoms with Crippen molar-refractivity contribution in [1.82, 2.24) is 15.1 Å². The minimum absolute atomic E-state index is 0.0244. The fourth-order valence-electron chi connectivity index (χ4n) is 4.13. The fourth-order valence-corrected chi connectivity index (χ4v) is 4.13. The Morgan fingerprint density at radius 2 is 2.23 bits per heavy atom. The second-order valence-electron chi connectivity index (χ2n) is 7.73. The summed E-state index contributed by atoms with van der Waals surface area (Å²) < 4.78 is 24.2. The number of halogens is 1. The highest BCUT2D eigenvalue weighted by molar-refractivity contribution is 6.06. The number of hydrogen-bond acceptors (Lipinski definition) is 6. The molecular weight excluding hydrogens is 391 g/mol. The molecule has 0 spiro atoms. The number of likely N-dealkylation sites (tertiary alicyclic amines) is 2. The maximum atomic E-state index is 13.6. The first-order valence-corrected chi connectivity index (χ1v) is 9.90. The molecule has 1 aromatic heterocycles. The number of rotatable bonds is 5. The molecule has 8 nitrogen and oxygen atoms in total. The summed E-state index contributed by atoms with van der Waals surface area (Å²) in [6.07, 6.45) is 1.06. The quantitative estimate of drug-likeness (QED) is 0.800. The Hall–Kier alpha value is -3.12. The third-order valence-corrected chi connectivity index (χ3v) is 5.71. The van der Waals surface area contributed by atoms with Gasteiger partial charge in [-0.15, -0.1) is 0 Å². The van der Waals surface area contributed by atoms with E-state index in [0.29, 0.717) is 41.8 Å². The standard InChI is InChI=1S/C21H23FN4O4/c1-29-16-2-3-17-18(12-30-19(17)7-16)21(28)24-14-4-5-25(10-14)11-20(27)26-9-13(22)6-15(26)8-23/h2-3,7,12-15H,4-6,9-11H2,1H3,(H,24,28)/t13-,14-,15-/m0/s1. The number of alkyl halides is 1. The van der Waals surface area contributed by atoms with Crippen LogP contribution < -0.4 is 10.1 Å². The van der Waals surface area contributed by atoms with Crippen molar-refractivity contribution in [2.75, 3.05) is 33.3 Å². The Labute approximate surface area is 173 Å². The topological polar surface area (TPSA) is 98.8 Å². The van der Waals surface area contributed by atoms with E-state index in [0.717, 1.165) is 0 Å². The molecule has 30 heavy (non-hydrogen) atoms. The summed E-state index contributed by atoms with van der Waals surface area (Å²) in [6, 6.07) is 6.48. The number of amides is 2. The largest absolute Gasteiger partial charge is 0.497 e. The molecule has 2 saturated heterocycles. The summed E-state index contributed by atoms with van der Waals surface area (Å²) in [5, 5.41) is 12.8. The molecule has 1 N–H and O–H groups in total. The van der Waals surface area contributed by atoms with Gasteiger partial charge in [0.2, 0.25) is 5.91 Å². The van der Waals surface area contributed by atoms with Crippen molar-refractivity contribution in [1.29, 1.82) is 5.26 Å². The van der Waals surface area contributed by atoms with Crippen LogP contribution in [0, 0.1) is 11.3 Å². The summed E-state index contributed by atoms with van der Waals surface area (Å²) >= 11 is 0. The molecule has 3 heterocycles. The highest BCUT2D eigenvalue weighted by atomic mass is 19.1. The molecule has 3 atom stereocenters. The van der Waals surface area contributed by atoms with E-state index < -0.39 is 12.2 Å². The monoisotopic (exact) mass is 414 g/mol. The zero-order chi connectivity index (χ0) is 21.3. The number of nitrogens with one attached hydrogen (secondary N) is 1. The molecule has 4 rings (SSSR count). The van der Waals surface area contributed by atoms with Crippen LogP contribution in [0.4, 0.5) is 4.39 Å². The number of fused-ring (bicyclic) bond motifs is 1. The molecule has 0 radical (unpaired) electrons. The van der Waals surface area contributed by atoms with Gasteiger partial charge in [0, 0.05) is 37.0 Å². The van der Waals surface area contributed by atoms with Gasteiger partial charge in [-0.3, -0.25) is 14.5 Å². The van der Waals surface area contributed by atoms with Crippen LogP contribution >= 0.6 is 0 Å². The molecule has 158 valence electrons. The van der Waals surface area contributed by atoms with E-state index in [1.165, 1.54) is 11.2 Å². The lowest BCUT2D eigenvalue weighted by Gasteiger charge is -2.23. The number of methoxy groups -OCH3 is 1. The van der Waals surface area contributed by atoms with Gasteiger partial charge >= 0.3 is 0 Å². The minimum Gasteiger partial charge on any atom is -0.497 e. The highest BCUT2D eigenvalue weighted by Crippen LogP contribution is 2.26. The van der Waals surface area contributed by atoms with Crippen LogP contribution in [0.15, 0.2) is 28.9 Å². The van der Waals surface area contributed by atoms with Crippen LogP contribution in [-0.2, 0) is 4.79 Å². The first kappa shape index (κ1) is 20.2. The number of carbonyl (C=O) groups is 2. The normalized spacial score (nSPS) is 24.2.